The third-order valence-corrected chi connectivity index (χ3v) is 6.33. The second-order valence-corrected chi connectivity index (χ2v) is 9.00. The van der Waals surface area contributed by atoms with Crippen molar-refractivity contribution in [3.05, 3.63) is 74.6 Å². The quantitative estimate of drug-likeness (QED) is 0.410. The van der Waals surface area contributed by atoms with Gasteiger partial charge in [0.15, 0.2) is 0 Å². The van der Waals surface area contributed by atoms with E-state index in [2.05, 4.69) is 10.3 Å². The van der Waals surface area contributed by atoms with E-state index in [0.717, 1.165) is 27.3 Å². The lowest BCUT2D eigenvalue weighted by atomic mass is 10.0. The van der Waals surface area contributed by atoms with Crippen LogP contribution in [-0.2, 0) is 11.3 Å². The minimum Gasteiger partial charge on any atom is -0.494 e. The molecule has 0 aliphatic heterocycles. The molecule has 2 aromatic heterocycles. The van der Waals surface area contributed by atoms with Gasteiger partial charge < -0.3 is 10.1 Å². The predicted molar refractivity (Wildman–Crippen MR) is 130 cm³/mol. The first-order valence-corrected chi connectivity index (χ1v) is 11.3. The topological polar surface area (TPSA) is 73.2 Å². The molecule has 0 radical (unpaired) electrons. The molecule has 4 rings (SSSR count). The van der Waals surface area contributed by atoms with Crippen LogP contribution in [0.2, 0.25) is 5.02 Å². The van der Waals surface area contributed by atoms with Gasteiger partial charge in [0.25, 0.3) is 5.56 Å². The average Bonchev–Trinajstić information content (AvgIpc) is 3.10. The molecule has 0 aliphatic rings. The molecule has 2 aromatic carbocycles. The summed E-state index contributed by atoms with van der Waals surface area (Å²) in [6.45, 7) is 6.22. The van der Waals surface area contributed by atoms with Gasteiger partial charge in [-0.2, -0.15) is 0 Å². The van der Waals surface area contributed by atoms with E-state index >= 15 is 0 Å². The Morgan fingerprint density at radius 1 is 1.19 bits per heavy atom. The van der Waals surface area contributed by atoms with Crippen LogP contribution in [0.4, 0.5) is 5.69 Å². The van der Waals surface area contributed by atoms with Crippen molar-refractivity contribution < 1.29 is 9.53 Å². The van der Waals surface area contributed by atoms with E-state index < -0.39 is 0 Å². The molecule has 4 aromatic rings. The van der Waals surface area contributed by atoms with Gasteiger partial charge in [0, 0.05) is 21.2 Å². The Labute approximate surface area is 194 Å². The van der Waals surface area contributed by atoms with Gasteiger partial charge in [0.1, 0.15) is 17.1 Å². The maximum Gasteiger partial charge on any atom is 0.263 e. The number of hydrogen-bond donors (Lipinski definition) is 1. The van der Waals surface area contributed by atoms with Crippen LogP contribution in [0.25, 0.3) is 21.3 Å². The number of nitrogens with one attached hydrogen (secondary N) is 1. The summed E-state index contributed by atoms with van der Waals surface area (Å²) in [6, 6.07) is 12.9. The number of fused-ring (bicyclic) bond motifs is 1. The normalized spacial score (nSPS) is 11.0. The molecule has 0 fully saturated rings. The third kappa shape index (κ3) is 4.40. The number of ether oxygens (including phenoxy) is 1. The second kappa shape index (κ2) is 9.14. The Morgan fingerprint density at radius 3 is 2.62 bits per heavy atom. The molecule has 1 amide bonds. The Kier molecular flexibility index (Phi) is 6.30. The van der Waals surface area contributed by atoms with Crippen molar-refractivity contribution >= 4 is 44.7 Å². The number of carbonyl (C=O) groups excluding carboxylic acids is 1. The lowest BCUT2D eigenvalue weighted by Crippen LogP contribution is -2.28. The van der Waals surface area contributed by atoms with Gasteiger partial charge >= 0.3 is 0 Å². The smallest absolute Gasteiger partial charge is 0.263 e. The van der Waals surface area contributed by atoms with Crippen LogP contribution >= 0.6 is 22.9 Å². The number of aryl methyl sites for hydroxylation is 2. The number of thiophene rings is 1. The molecule has 1 N–H and O–H groups in total. The van der Waals surface area contributed by atoms with Gasteiger partial charge in [0.2, 0.25) is 5.91 Å². The Morgan fingerprint density at radius 2 is 1.94 bits per heavy atom. The zero-order chi connectivity index (χ0) is 22.8. The molecule has 0 unspecified atom stereocenters. The van der Waals surface area contributed by atoms with Crippen LogP contribution in [0.5, 0.6) is 5.75 Å². The van der Waals surface area contributed by atoms with E-state index in [9.17, 15) is 9.59 Å². The van der Waals surface area contributed by atoms with E-state index in [-0.39, 0.29) is 18.0 Å². The molecule has 0 bridgehead atoms. The van der Waals surface area contributed by atoms with Gasteiger partial charge in [-0.05, 0) is 62.2 Å². The number of amides is 1. The Balaban J connectivity index is 1.67. The van der Waals surface area contributed by atoms with Crippen molar-refractivity contribution in [3.63, 3.8) is 0 Å². The Bertz CT molecular complexity index is 1360. The fourth-order valence-electron chi connectivity index (χ4n) is 3.59. The van der Waals surface area contributed by atoms with Gasteiger partial charge in [-0.25, -0.2) is 4.98 Å². The van der Waals surface area contributed by atoms with Crippen molar-refractivity contribution in [3.8, 4) is 16.9 Å². The molecule has 8 heteroatoms. The third-order valence-electron chi connectivity index (χ3n) is 5.09. The van der Waals surface area contributed by atoms with Crippen molar-refractivity contribution in [1.82, 2.24) is 9.55 Å². The number of rotatable bonds is 6. The molecule has 0 atom stereocenters. The number of halogens is 1. The standard InChI is InChI=1S/C24H22ClN3O3S/c1-4-31-18-8-5-16(6-9-18)21-15(3)32-23-22(21)24(30)28(13-26-23)12-20(29)27-19-10-7-17(25)11-14(19)2/h5-11,13H,4,12H2,1-3H3,(H,27,29). The molecule has 0 saturated carbocycles. The zero-order valence-corrected chi connectivity index (χ0v) is 19.5. The van der Waals surface area contributed by atoms with Crippen LogP contribution < -0.4 is 15.6 Å². The predicted octanol–water partition coefficient (Wildman–Crippen LogP) is 5.43. The SMILES string of the molecule is CCOc1ccc(-c2c(C)sc3ncn(CC(=O)Nc4ccc(Cl)cc4C)c(=O)c23)cc1. The number of aromatic nitrogens is 2. The molecule has 2 heterocycles. The van der Waals surface area contributed by atoms with Crippen molar-refractivity contribution in [1.29, 1.82) is 0 Å². The van der Waals surface area contributed by atoms with Crippen LogP contribution in [0.3, 0.4) is 0 Å². The van der Waals surface area contributed by atoms with E-state index in [4.69, 9.17) is 16.3 Å². The monoisotopic (exact) mass is 467 g/mol. The summed E-state index contributed by atoms with van der Waals surface area (Å²) in [7, 11) is 0. The van der Waals surface area contributed by atoms with Gasteiger partial charge in [-0.3, -0.25) is 14.2 Å². The summed E-state index contributed by atoms with van der Waals surface area (Å²) >= 11 is 7.45. The number of anilines is 1. The summed E-state index contributed by atoms with van der Waals surface area (Å²) in [5, 5.41) is 3.96. The number of hydrogen-bond acceptors (Lipinski definition) is 5. The van der Waals surface area contributed by atoms with Crippen LogP contribution in [0.15, 0.2) is 53.6 Å². The molecule has 164 valence electrons. The molecule has 0 aliphatic carbocycles. The van der Waals surface area contributed by atoms with E-state index in [0.29, 0.717) is 27.5 Å². The fourth-order valence-corrected chi connectivity index (χ4v) is 4.82. The van der Waals surface area contributed by atoms with Crippen LogP contribution in [-0.4, -0.2) is 22.1 Å². The van der Waals surface area contributed by atoms with E-state index in [1.165, 1.54) is 22.2 Å². The average molecular weight is 468 g/mol. The van der Waals surface area contributed by atoms with Gasteiger partial charge in [0.05, 0.1) is 18.3 Å². The summed E-state index contributed by atoms with van der Waals surface area (Å²) in [6.07, 6.45) is 1.43. The highest BCUT2D eigenvalue weighted by atomic mass is 35.5. The largest absolute Gasteiger partial charge is 0.494 e. The van der Waals surface area contributed by atoms with Gasteiger partial charge in [-0.15, -0.1) is 11.3 Å². The molecule has 0 spiro atoms. The maximum atomic E-state index is 13.3. The summed E-state index contributed by atoms with van der Waals surface area (Å²) in [4.78, 5) is 32.0. The molecular weight excluding hydrogens is 446 g/mol. The highest BCUT2D eigenvalue weighted by Gasteiger charge is 2.18. The summed E-state index contributed by atoms with van der Waals surface area (Å²) in [5.74, 6) is 0.464. The van der Waals surface area contributed by atoms with Crippen LogP contribution in [0.1, 0.15) is 17.4 Å². The van der Waals surface area contributed by atoms with Crippen LogP contribution in [0, 0.1) is 13.8 Å². The number of nitrogens with zero attached hydrogens (tertiary/aromatic N) is 2. The fraction of sp³-hybridized carbons (Fsp3) is 0.208. The first kappa shape index (κ1) is 22.0. The van der Waals surface area contributed by atoms with E-state index in [1.807, 2.05) is 45.0 Å². The van der Waals surface area contributed by atoms with Crippen molar-refractivity contribution in [2.24, 2.45) is 0 Å². The zero-order valence-electron chi connectivity index (χ0n) is 17.9. The Hall–Kier alpha value is -3.16. The number of carbonyl (C=O) groups is 1. The van der Waals surface area contributed by atoms with E-state index in [1.54, 1.807) is 18.2 Å². The van der Waals surface area contributed by atoms with Crippen molar-refractivity contribution in [2.45, 2.75) is 27.3 Å². The minimum absolute atomic E-state index is 0.137. The molecule has 32 heavy (non-hydrogen) atoms. The highest BCUT2D eigenvalue weighted by Crippen LogP contribution is 2.36. The van der Waals surface area contributed by atoms with Gasteiger partial charge in [-0.1, -0.05) is 23.7 Å². The number of benzene rings is 2. The second-order valence-electron chi connectivity index (χ2n) is 7.36. The van der Waals surface area contributed by atoms with Crippen molar-refractivity contribution in [2.75, 3.05) is 11.9 Å². The summed E-state index contributed by atoms with van der Waals surface area (Å²) < 4.78 is 6.86. The molecular formula is C24H22ClN3O3S. The highest BCUT2D eigenvalue weighted by molar-refractivity contribution is 7.19. The first-order chi connectivity index (χ1) is 15.4. The molecule has 6 nitrogen and oxygen atoms in total. The summed E-state index contributed by atoms with van der Waals surface area (Å²) in [5.41, 5.74) is 3.01. The molecule has 0 saturated heterocycles. The minimum atomic E-state index is -0.312. The maximum absolute atomic E-state index is 13.3. The first-order valence-electron chi connectivity index (χ1n) is 10.1. The lowest BCUT2D eigenvalue weighted by Gasteiger charge is -2.10. The lowest BCUT2D eigenvalue weighted by molar-refractivity contribution is -0.116.